The molecule has 1 unspecified atom stereocenters. The average Bonchev–Trinajstić information content (AvgIpc) is 2.65. The highest BCUT2D eigenvalue weighted by Crippen LogP contribution is 2.23. The van der Waals surface area contributed by atoms with E-state index in [0.717, 1.165) is 19.3 Å². The zero-order chi connectivity index (χ0) is 13.1. The number of hydrogen-bond donors (Lipinski definition) is 1. The van der Waals surface area contributed by atoms with E-state index < -0.39 is 10.2 Å². The molecule has 0 saturated carbocycles. The van der Waals surface area contributed by atoms with E-state index in [-0.39, 0.29) is 10.8 Å². The molecule has 0 aromatic rings. The summed E-state index contributed by atoms with van der Waals surface area (Å²) in [4.78, 5) is 0. The Morgan fingerprint density at radius 1 is 1.29 bits per heavy atom. The molecule has 1 aliphatic heterocycles. The summed E-state index contributed by atoms with van der Waals surface area (Å²) >= 11 is 6.13. The van der Waals surface area contributed by atoms with Gasteiger partial charge in [-0.1, -0.05) is 20.8 Å². The van der Waals surface area contributed by atoms with E-state index in [0.29, 0.717) is 19.6 Å². The molecule has 1 saturated heterocycles. The lowest BCUT2D eigenvalue weighted by atomic mass is 9.90. The number of hydrogen-bond acceptors (Lipinski definition) is 2. The van der Waals surface area contributed by atoms with Gasteiger partial charge in [-0.3, -0.25) is 0 Å². The van der Waals surface area contributed by atoms with Crippen molar-refractivity contribution < 1.29 is 8.42 Å². The number of nitrogens with zero attached hydrogens (tertiary/aromatic N) is 1. The molecule has 0 aromatic carbocycles. The molecule has 1 heterocycles. The van der Waals surface area contributed by atoms with E-state index in [1.807, 2.05) is 0 Å². The van der Waals surface area contributed by atoms with Crippen molar-refractivity contribution in [1.29, 1.82) is 0 Å². The van der Waals surface area contributed by atoms with Gasteiger partial charge in [0.15, 0.2) is 0 Å². The zero-order valence-electron chi connectivity index (χ0n) is 10.9. The molecule has 1 fully saturated rings. The Kier molecular flexibility index (Phi) is 5.25. The quantitative estimate of drug-likeness (QED) is 0.784. The lowest BCUT2D eigenvalue weighted by molar-refractivity contribution is 0.367. The topological polar surface area (TPSA) is 49.4 Å². The molecule has 4 nitrogen and oxygen atoms in total. The summed E-state index contributed by atoms with van der Waals surface area (Å²) in [5.41, 5.74) is 0.117. The van der Waals surface area contributed by atoms with Crippen LogP contribution in [0, 0.1) is 5.41 Å². The Balaban J connectivity index is 2.39. The molecule has 1 rings (SSSR count). The molecule has 0 spiro atoms. The van der Waals surface area contributed by atoms with E-state index in [1.165, 1.54) is 4.31 Å². The first kappa shape index (κ1) is 15.2. The monoisotopic (exact) mass is 282 g/mol. The van der Waals surface area contributed by atoms with Gasteiger partial charge in [0.2, 0.25) is 0 Å². The van der Waals surface area contributed by atoms with E-state index in [4.69, 9.17) is 11.6 Å². The summed E-state index contributed by atoms with van der Waals surface area (Å²) in [5, 5.41) is -0.160. The highest BCUT2D eigenvalue weighted by Gasteiger charge is 2.26. The van der Waals surface area contributed by atoms with E-state index >= 15 is 0 Å². The van der Waals surface area contributed by atoms with E-state index in [1.54, 1.807) is 0 Å². The lowest BCUT2D eigenvalue weighted by Crippen LogP contribution is -2.41. The standard InChI is InChI=1S/C11H23ClN2O2S/c1-11(2,3)8-10(12)9-13-17(15,16)14-6-4-5-7-14/h10,13H,4-9H2,1-3H3. The van der Waals surface area contributed by atoms with Crippen LogP contribution in [0.15, 0.2) is 0 Å². The van der Waals surface area contributed by atoms with Crippen molar-refractivity contribution in [3.05, 3.63) is 0 Å². The first-order chi connectivity index (χ1) is 7.71. The zero-order valence-corrected chi connectivity index (χ0v) is 12.4. The summed E-state index contributed by atoms with van der Waals surface area (Å²) in [6.45, 7) is 7.84. The minimum atomic E-state index is -3.31. The van der Waals surface area contributed by atoms with Gasteiger partial charge in [-0.05, 0) is 24.7 Å². The van der Waals surface area contributed by atoms with Gasteiger partial charge in [0.05, 0.1) is 0 Å². The molecule has 17 heavy (non-hydrogen) atoms. The van der Waals surface area contributed by atoms with Crippen LogP contribution in [0.3, 0.4) is 0 Å². The number of rotatable bonds is 5. The minimum Gasteiger partial charge on any atom is -0.201 e. The third-order valence-corrected chi connectivity index (χ3v) is 4.61. The van der Waals surface area contributed by atoms with Crippen LogP contribution in [0.5, 0.6) is 0 Å². The van der Waals surface area contributed by atoms with Gasteiger partial charge >= 0.3 is 0 Å². The fourth-order valence-electron chi connectivity index (χ4n) is 1.95. The van der Waals surface area contributed by atoms with E-state index in [9.17, 15) is 8.42 Å². The third kappa shape index (κ3) is 5.55. The van der Waals surface area contributed by atoms with Crippen molar-refractivity contribution in [2.75, 3.05) is 19.6 Å². The van der Waals surface area contributed by atoms with Gasteiger partial charge in [-0.15, -0.1) is 11.6 Å². The highest BCUT2D eigenvalue weighted by atomic mass is 35.5. The number of halogens is 1. The second-order valence-corrected chi connectivity index (χ2v) is 8.19. The Hall–Kier alpha value is 0.160. The number of nitrogens with one attached hydrogen (secondary N) is 1. The number of alkyl halides is 1. The normalized spacial score (nSPS) is 20.7. The molecule has 0 aliphatic carbocycles. The SMILES string of the molecule is CC(C)(C)CC(Cl)CNS(=O)(=O)N1CCCC1. The summed E-state index contributed by atoms with van der Waals surface area (Å²) in [6.07, 6.45) is 2.69. The second kappa shape index (κ2) is 5.87. The molecule has 0 bridgehead atoms. The van der Waals surface area contributed by atoms with Gasteiger partial charge in [0.1, 0.15) is 0 Å². The van der Waals surface area contributed by atoms with Gasteiger partial charge in [-0.2, -0.15) is 12.7 Å². The molecule has 102 valence electrons. The predicted octanol–water partition coefficient (Wildman–Crippen LogP) is 1.96. The first-order valence-electron chi connectivity index (χ1n) is 6.09. The van der Waals surface area contributed by atoms with Crippen LogP contribution >= 0.6 is 11.6 Å². The molecule has 1 N–H and O–H groups in total. The van der Waals surface area contributed by atoms with E-state index in [2.05, 4.69) is 25.5 Å². The summed E-state index contributed by atoms with van der Waals surface area (Å²) in [6, 6.07) is 0. The Morgan fingerprint density at radius 3 is 2.29 bits per heavy atom. The van der Waals surface area contributed by atoms with Crippen molar-refractivity contribution in [3.63, 3.8) is 0 Å². The maximum atomic E-state index is 11.9. The Labute approximate surface area is 110 Å². The summed E-state index contributed by atoms with van der Waals surface area (Å²) < 4.78 is 27.8. The maximum absolute atomic E-state index is 11.9. The summed E-state index contributed by atoms with van der Waals surface area (Å²) in [7, 11) is -3.31. The maximum Gasteiger partial charge on any atom is 0.279 e. The van der Waals surface area contributed by atoms with Crippen molar-refractivity contribution in [1.82, 2.24) is 9.03 Å². The van der Waals surface area contributed by atoms with Gasteiger partial charge in [-0.25, -0.2) is 4.72 Å². The van der Waals surface area contributed by atoms with Crippen LogP contribution < -0.4 is 4.72 Å². The molecule has 0 radical (unpaired) electrons. The van der Waals surface area contributed by atoms with Crippen LogP contribution in [0.4, 0.5) is 0 Å². The molecule has 1 aliphatic rings. The average molecular weight is 283 g/mol. The van der Waals surface area contributed by atoms with Crippen LogP contribution in [-0.2, 0) is 10.2 Å². The van der Waals surface area contributed by atoms with Crippen molar-refractivity contribution >= 4 is 21.8 Å². The first-order valence-corrected chi connectivity index (χ1v) is 7.97. The van der Waals surface area contributed by atoms with Gasteiger partial charge < -0.3 is 0 Å². The van der Waals surface area contributed by atoms with Crippen LogP contribution in [0.1, 0.15) is 40.0 Å². The lowest BCUT2D eigenvalue weighted by Gasteiger charge is -2.23. The third-order valence-electron chi connectivity index (χ3n) is 2.73. The largest absolute Gasteiger partial charge is 0.279 e. The molecule has 1 atom stereocenters. The molecule has 0 aromatic heterocycles. The minimum absolute atomic E-state index is 0.117. The van der Waals surface area contributed by atoms with Crippen LogP contribution in [-0.4, -0.2) is 37.7 Å². The Morgan fingerprint density at radius 2 is 1.82 bits per heavy atom. The van der Waals surface area contributed by atoms with Gasteiger partial charge in [0.25, 0.3) is 10.2 Å². The van der Waals surface area contributed by atoms with Crippen LogP contribution in [0.2, 0.25) is 0 Å². The fourth-order valence-corrected chi connectivity index (χ4v) is 3.92. The van der Waals surface area contributed by atoms with Crippen LogP contribution in [0.25, 0.3) is 0 Å². The highest BCUT2D eigenvalue weighted by molar-refractivity contribution is 7.87. The van der Waals surface area contributed by atoms with Crippen molar-refractivity contribution in [2.24, 2.45) is 5.41 Å². The fraction of sp³-hybridized carbons (Fsp3) is 1.00. The second-order valence-electron chi connectivity index (χ2n) is 5.82. The summed E-state index contributed by atoms with van der Waals surface area (Å²) in [5.74, 6) is 0. The molecule has 6 heteroatoms. The Bertz CT molecular complexity index is 332. The van der Waals surface area contributed by atoms with Crippen molar-refractivity contribution in [3.8, 4) is 0 Å². The smallest absolute Gasteiger partial charge is 0.201 e. The van der Waals surface area contributed by atoms with Gasteiger partial charge in [0, 0.05) is 25.0 Å². The predicted molar refractivity (Wildman–Crippen MR) is 71.4 cm³/mol. The molecular formula is C11H23ClN2O2S. The molecule has 0 amide bonds. The van der Waals surface area contributed by atoms with Crippen molar-refractivity contribution in [2.45, 2.75) is 45.4 Å². The molecular weight excluding hydrogens is 260 g/mol.